The van der Waals surface area contributed by atoms with E-state index in [0.29, 0.717) is 25.1 Å². The summed E-state index contributed by atoms with van der Waals surface area (Å²) in [6.07, 6.45) is 6.60. The molecule has 0 aliphatic carbocycles. The number of carboxylic acids is 1. The molecule has 1 aromatic heterocycles. The Labute approximate surface area is 128 Å². The molecule has 1 amide bonds. The van der Waals surface area contributed by atoms with E-state index in [1.165, 1.54) is 4.90 Å². The van der Waals surface area contributed by atoms with E-state index < -0.39 is 12.0 Å². The molecule has 6 heteroatoms. The number of nitrogens with zero attached hydrogens (tertiary/aromatic N) is 3. The first-order valence-electron chi connectivity index (χ1n) is 7.23. The molecule has 1 N–H and O–H groups in total. The summed E-state index contributed by atoms with van der Waals surface area (Å²) in [4.78, 5) is 29.1. The molecule has 6 nitrogen and oxygen atoms in total. The summed E-state index contributed by atoms with van der Waals surface area (Å²) in [5.74, 6) is -1.14. The summed E-state index contributed by atoms with van der Waals surface area (Å²) >= 11 is 0. The van der Waals surface area contributed by atoms with Crippen LogP contribution in [0.2, 0.25) is 0 Å². The monoisotopic (exact) mass is 299 g/mol. The highest BCUT2D eigenvalue weighted by Gasteiger charge is 2.34. The van der Waals surface area contributed by atoms with Gasteiger partial charge in [0.05, 0.1) is 6.33 Å². The highest BCUT2D eigenvalue weighted by atomic mass is 16.4. The molecular formula is C16H17N3O3. The fourth-order valence-corrected chi connectivity index (χ4v) is 2.78. The highest BCUT2D eigenvalue weighted by molar-refractivity contribution is 5.97. The van der Waals surface area contributed by atoms with Gasteiger partial charge in [0.15, 0.2) is 0 Å². The van der Waals surface area contributed by atoms with Crippen molar-refractivity contribution in [3.63, 3.8) is 0 Å². The van der Waals surface area contributed by atoms with E-state index in [0.717, 1.165) is 12.0 Å². The van der Waals surface area contributed by atoms with Crippen LogP contribution < -0.4 is 0 Å². The quantitative estimate of drug-likeness (QED) is 0.931. The summed E-state index contributed by atoms with van der Waals surface area (Å²) < 4.78 is 1.94. The molecule has 1 fully saturated rings. The summed E-state index contributed by atoms with van der Waals surface area (Å²) in [6, 6.07) is 6.59. The molecular weight excluding hydrogens is 282 g/mol. The van der Waals surface area contributed by atoms with Gasteiger partial charge in [-0.1, -0.05) is 12.1 Å². The van der Waals surface area contributed by atoms with E-state index in [-0.39, 0.29) is 5.91 Å². The van der Waals surface area contributed by atoms with Crippen LogP contribution in [0.3, 0.4) is 0 Å². The second kappa shape index (κ2) is 6.01. The zero-order valence-electron chi connectivity index (χ0n) is 12.1. The maximum Gasteiger partial charge on any atom is 0.326 e. The summed E-state index contributed by atoms with van der Waals surface area (Å²) in [7, 11) is 0. The first-order valence-corrected chi connectivity index (χ1v) is 7.23. The van der Waals surface area contributed by atoms with Gasteiger partial charge >= 0.3 is 5.97 Å². The van der Waals surface area contributed by atoms with Gasteiger partial charge in [0, 0.05) is 31.0 Å². The lowest BCUT2D eigenvalue weighted by atomic mass is 10.1. The molecule has 0 bridgehead atoms. The lowest BCUT2D eigenvalue weighted by Gasteiger charge is -2.21. The van der Waals surface area contributed by atoms with Crippen molar-refractivity contribution in [2.75, 3.05) is 6.54 Å². The number of carbonyl (C=O) groups is 2. The third-order valence-corrected chi connectivity index (χ3v) is 3.92. The van der Waals surface area contributed by atoms with E-state index in [4.69, 9.17) is 5.11 Å². The average Bonchev–Trinajstić information content (AvgIpc) is 3.18. The smallest absolute Gasteiger partial charge is 0.326 e. The van der Waals surface area contributed by atoms with Gasteiger partial charge in [0.2, 0.25) is 0 Å². The van der Waals surface area contributed by atoms with E-state index in [1.54, 1.807) is 24.7 Å². The van der Waals surface area contributed by atoms with E-state index in [9.17, 15) is 9.59 Å². The first-order chi connectivity index (χ1) is 10.6. The van der Waals surface area contributed by atoms with Crippen molar-refractivity contribution in [1.82, 2.24) is 14.5 Å². The number of benzene rings is 1. The molecule has 0 saturated carbocycles. The largest absolute Gasteiger partial charge is 0.480 e. The fraction of sp³-hybridized carbons (Fsp3) is 0.312. The van der Waals surface area contributed by atoms with Gasteiger partial charge in [-0.3, -0.25) is 4.79 Å². The van der Waals surface area contributed by atoms with Crippen LogP contribution in [0.4, 0.5) is 0 Å². The van der Waals surface area contributed by atoms with Crippen LogP contribution in [0.5, 0.6) is 0 Å². The molecule has 22 heavy (non-hydrogen) atoms. The van der Waals surface area contributed by atoms with Crippen molar-refractivity contribution in [3.05, 3.63) is 54.1 Å². The Morgan fingerprint density at radius 2 is 2.05 bits per heavy atom. The van der Waals surface area contributed by atoms with Crippen LogP contribution in [0.15, 0.2) is 43.0 Å². The van der Waals surface area contributed by atoms with Gasteiger partial charge in [0.25, 0.3) is 5.91 Å². The molecule has 1 aliphatic rings. The molecule has 3 rings (SSSR count). The second-order valence-electron chi connectivity index (χ2n) is 5.43. The molecule has 1 aromatic carbocycles. The van der Waals surface area contributed by atoms with Gasteiger partial charge < -0.3 is 14.6 Å². The molecule has 0 unspecified atom stereocenters. The van der Waals surface area contributed by atoms with E-state index in [2.05, 4.69) is 4.98 Å². The predicted molar refractivity (Wildman–Crippen MR) is 79.5 cm³/mol. The minimum atomic E-state index is -0.928. The fourth-order valence-electron chi connectivity index (χ4n) is 2.78. The van der Waals surface area contributed by atoms with Crippen LogP contribution in [0, 0.1) is 0 Å². The number of imidazole rings is 1. The number of rotatable bonds is 4. The highest BCUT2D eigenvalue weighted by Crippen LogP contribution is 2.20. The molecule has 0 spiro atoms. The molecule has 2 heterocycles. The van der Waals surface area contributed by atoms with Crippen molar-refractivity contribution in [1.29, 1.82) is 0 Å². The molecule has 114 valence electrons. The Balaban J connectivity index is 1.72. The maximum absolute atomic E-state index is 12.4. The Morgan fingerprint density at radius 1 is 1.27 bits per heavy atom. The standard InChI is InChI=1S/C16H17N3O3/c20-15(19-8-1-2-14(19)16(21)22)13-5-3-12(4-6-13)10-18-9-7-17-11-18/h3-7,9,11,14H,1-2,8,10H2,(H,21,22)/t14-/m0/s1. The Bertz CT molecular complexity index is 664. The van der Waals surface area contributed by atoms with Crippen LogP contribution in [-0.2, 0) is 11.3 Å². The van der Waals surface area contributed by atoms with Gasteiger partial charge in [0.1, 0.15) is 6.04 Å². The minimum Gasteiger partial charge on any atom is -0.480 e. The summed E-state index contributed by atoms with van der Waals surface area (Å²) in [5.41, 5.74) is 1.59. The third-order valence-electron chi connectivity index (χ3n) is 3.92. The van der Waals surface area contributed by atoms with E-state index >= 15 is 0 Å². The lowest BCUT2D eigenvalue weighted by Crippen LogP contribution is -2.40. The minimum absolute atomic E-state index is 0.209. The van der Waals surface area contributed by atoms with Crippen LogP contribution in [0.1, 0.15) is 28.8 Å². The van der Waals surface area contributed by atoms with Gasteiger partial charge in [-0.15, -0.1) is 0 Å². The number of carboxylic acid groups (broad SMARTS) is 1. The number of carbonyl (C=O) groups excluding carboxylic acids is 1. The molecule has 1 saturated heterocycles. The van der Waals surface area contributed by atoms with Crippen molar-refractivity contribution >= 4 is 11.9 Å². The topological polar surface area (TPSA) is 75.4 Å². The SMILES string of the molecule is O=C(O)[C@@H]1CCCN1C(=O)c1ccc(Cn2ccnc2)cc1. The maximum atomic E-state index is 12.4. The number of aliphatic carboxylic acids is 1. The lowest BCUT2D eigenvalue weighted by molar-refractivity contribution is -0.141. The number of aromatic nitrogens is 2. The number of hydrogen-bond acceptors (Lipinski definition) is 3. The van der Waals surface area contributed by atoms with Gasteiger partial charge in [-0.2, -0.15) is 0 Å². The van der Waals surface area contributed by atoms with Crippen LogP contribution in [0.25, 0.3) is 0 Å². The normalized spacial score (nSPS) is 17.6. The van der Waals surface area contributed by atoms with E-state index in [1.807, 2.05) is 22.9 Å². The summed E-state index contributed by atoms with van der Waals surface area (Å²) in [5, 5.41) is 9.16. The van der Waals surface area contributed by atoms with Crippen molar-refractivity contribution in [2.24, 2.45) is 0 Å². The first kappa shape index (κ1) is 14.3. The van der Waals surface area contributed by atoms with Crippen molar-refractivity contribution < 1.29 is 14.7 Å². The molecule has 1 aliphatic heterocycles. The van der Waals surface area contributed by atoms with Crippen molar-refractivity contribution in [3.8, 4) is 0 Å². The molecule has 2 aromatic rings. The summed E-state index contributed by atoms with van der Waals surface area (Å²) in [6.45, 7) is 1.20. The zero-order chi connectivity index (χ0) is 15.5. The number of amides is 1. The number of likely N-dealkylation sites (tertiary alicyclic amines) is 1. The second-order valence-corrected chi connectivity index (χ2v) is 5.43. The Hall–Kier alpha value is -2.63. The average molecular weight is 299 g/mol. The Kier molecular flexibility index (Phi) is 3.91. The molecule has 0 radical (unpaired) electrons. The van der Waals surface area contributed by atoms with Crippen molar-refractivity contribution in [2.45, 2.75) is 25.4 Å². The molecule has 1 atom stereocenters. The number of hydrogen-bond donors (Lipinski definition) is 1. The van der Waals surface area contributed by atoms with Crippen LogP contribution >= 0.6 is 0 Å². The van der Waals surface area contributed by atoms with Gasteiger partial charge in [-0.05, 0) is 30.5 Å². The third kappa shape index (κ3) is 2.86. The van der Waals surface area contributed by atoms with Gasteiger partial charge in [-0.25, -0.2) is 9.78 Å². The van der Waals surface area contributed by atoms with Crippen LogP contribution in [-0.4, -0.2) is 44.0 Å². The Morgan fingerprint density at radius 3 is 2.68 bits per heavy atom. The zero-order valence-corrected chi connectivity index (χ0v) is 12.1. The predicted octanol–water partition coefficient (Wildman–Crippen LogP) is 1.62.